The Hall–Kier alpha value is -3.26. The van der Waals surface area contributed by atoms with Crippen LogP contribution < -0.4 is 10.6 Å². The third-order valence-electron chi connectivity index (χ3n) is 7.44. The van der Waals surface area contributed by atoms with Crippen LogP contribution in [-0.2, 0) is 13.1 Å². The second-order valence-electron chi connectivity index (χ2n) is 10.5. The molecule has 0 radical (unpaired) electrons. The Morgan fingerprint density at radius 1 is 1.20 bits per heavy atom. The fourth-order valence-corrected chi connectivity index (χ4v) is 5.84. The van der Waals surface area contributed by atoms with Crippen LogP contribution >= 0.6 is 27.5 Å². The number of benzene rings is 2. The Kier molecular flexibility index (Phi) is 8.84. The number of aromatic nitrogens is 4. The Morgan fingerprint density at radius 2 is 2.00 bits per heavy atom. The van der Waals surface area contributed by atoms with E-state index in [2.05, 4.69) is 66.7 Å². The van der Waals surface area contributed by atoms with Crippen LogP contribution in [0.1, 0.15) is 44.4 Å². The second kappa shape index (κ2) is 12.5. The van der Waals surface area contributed by atoms with Crippen molar-refractivity contribution in [2.75, 3.05) is 23.7 Å². The first-order chi connectivity index (χ1) is 19.3. The van der Waals surface area contributed by atoms with Crippen molar-refractivity contribution in [2.45, 2.75) is 52.2 Å². The maximum atomic E-state index is 13.7. The van der Waals surface area contributed by atoms with Gasteiger partial charge >= 0.3 is 0 Å². The van der Waals surface area contributed by atoms with Crippen molar-refractivity contribution in [1.82, 2.24) is 24.9 Å². The zero-order chi connectivity index (χ0) is 28.2. The van der Waals surface area contributed by atoms with Crippen molar-refractivity contribution in [3.63, 3.8) is 0 Å². The van der Waals surface area contributed by atoms with Gasteiger partial charge in [-0.15, -0.1) is 5.10 Å². The van der Waals surface area contributed by atoms with Gasteiger partial charge in [-0.3, -0.25) is 9.67 Å². The SMILES string of the molecule is CC(C)N1CCC(CCn2cc(CNc3cc(Br)c4ncc(C#N)c(Nc5ccc(F)c(Cl)c5)c4c3)nn2)CC1. The molecule has 0 aliphatic carbocycles. The van der Waals surface area contributed by atoms with Gasteiger partial charge in [0.25, 0.3) is 0 Å². The van der Waals surface area contributed by atoms with Crippen molar-refractivity contribution < 1.29 is 4.39 Å². The van der Waals surface area contributed by atoms with Crippen molar-refractivity contribution in [2.24, 2.45) is 5.92 Å². The number of anilines is 3. The fraction of sp³-hybridized carbons (Fsp3) is 0.379. The summed E-state index contributed by atoms with van der Waals surface area (Å²) in [5.41, 5.74) is 3.83. The van der Waals surface area contributed by atoms with E-state index in [1.54, 1.807) is 6.07 Å². The van der Waals surface area contributed by atoms with Crippen LogP contribution in [0, 0.1) is 23.1 Å². The largest absolute Gasteiger partial charge is 0.379 e. The number of hydrogen-bond donors (Lipinski definition) is 2. The number of aryl methyl sites for hydroxylation is 1. The standard InChI is InChI=1S/C29H31BrClFN8/c1-18(2)39-8-5-19(6-9-39)7-10-40-17-23(37-38-40)16-34-22-11-24-28(36-21-3-4-27(32)26(31)13-21)20(14-33)15-35-29(24)25(30)12-22/h3-4,11-13,15,17-19,34H,5-10,16H2,1-2H3,(H,35,36). The molecule has 1 aliphatic rings. The molecular weight excluding hydrogens is 595 g/mol. The molecule has 1 aliphatic heterocycles. The third kappa shape index (κ3) is 6.54. The van der Waals surface area contributed by atoms with Crippen molar-refractivity contribution in [1.29, 1.82) is 5.26 Å². The first kappa shape index (κ1) is 28.3. The summed E-state index contributed by atoms with van der Waals surface area (Å²) in [6.45, 7) is 8.25. The van der Waals surface area contributed by atoms with E-state index in [1.807, 2.05) is 23.0 Å². The minimum absolute atomic E-state index is 0.00466. The van der Waals surface area contributed by atoms with Gasteiger partial charge in [-0.1, -0.05) is 16.8 Å². The monoisotopic (exact) mass is 624 g/mol. The average molecular weight is 626 g/mol. The molecule has 0 unspecified atom stereocenters. The molecule has 2 N–H and O–H groups in total. The van der Waals surface area contributed by atoms with E-state index >= 15 is 0 Å². The van der Waals surface area contributed by atoms with E-state index in [1.165, 1.54) is 44.3 Å². The number of likely N-dealkylation sites (tertiary alicyclic amines) is 1. The van der Waals surface area contributed by atoms with Crippen LogP contribution in [0.4, 0.5) is 21.5 Å². The quantitative estimate of drug-likeness (QED) is 0.205. The van der Waals surface area contributed by atoms with E-state index in [4.69, 9.17) is 11.6 Å². The van der Waals surface area contributed by atoms with Gasteiger partial charge in [-0.2, -0.15) is 5.26 Å². The lowest BCUT2D eigenvalue weighted by Crippen LogP contribution is -2.38. The predicted octanol–water partition coefficient (Wildman–Crippen LogP) is 7.12. The zero-order valence-corrected chi connectivity index (χ0v) is 24.8. The van der Waals surface area contributed by atoms with E-state index in [0.29, 0.717) is 35.0 Å². The molecule has 0 saturated carbocycles. The summed E-state index contributed by atoms with van der Waals surface area (Å²) in [7, 11) is 0. The number of nitrogens with one attached hydrogen (secondary N) is 2. The number of fused-ring (bicyclic) bond motifs is 1. The highest BCUT2D eigenvalue weighted by Crippen LogP contribution is 2.35. The van der Waals surface area contributed by atoms with Crippen LogP contribution in [0.5, 0.6) is 0 Å². The van der Waals surface area contributed by atoms with Crippen molar-refractivity contribution >= 4 is 55.5 Å². The summed E-state index contributed by atoms with van der Waals surface area (Å²) in [5.74, 6) is 0.224. The molecule has 0 atom stereocenters. The Bertz CT molecular complexity index is 1540. The summed E-state index contributed by atoms with van der Waals surface area (Å²) in [6.07, 6.45) is 7.10. The molecule has 0 bridgehead atoms. The van der Waals surface area contributed by atoms with Crippen LogP contribution in [0.2, 0.25) is 5.02 Å². The Balaban J connectivity index is 1.27. The van der Waals surface area contributed by atoms with Crippen LogP contribution in [0.3, 0.4) is 0 Å². The van der Waals surface area contributed by atoms with E-state index < -0.39 is 5.82 Å². The molecule has 40 heavy (non-hydrogen) atoms. The highest BCUT2D eigenvalue weighted by Gasteiger charge is 2.21. The van der Waals surface area contributed by atoms with Crippen LogP contribution in [-0.4, -0.2) is 44.0 Å². The molecule has 3 heterocycles. The van der Waals surface area contributed by atoms with Gasteiger partial charge in [0.15, 0.2) is 0 Å². The molecule has 1 saturated heterocycles. The lowest BCUT2D eigenvalue weighted by molar-refractivity contribution is 0.143. The molecule has 8 nitrogen and oxygen atoms in total. The predicted molar refractivity (Wildman–Crippen MR) is 160 cm³/mol. The van der Waals surface area contributed by atoms with Gasteiger partial charge in [-0.05, 0) is 98.4 Å². The fourth-order valence-electron chi connectivity index (χ4n) is 5.09. The molecule has 208 valence electrons. The highest BCUT2D eigenvalue weighted by molar-refractivity contribution is 9.10. The molecule has 0 spiro atoms. The van der Waals surface area contributed by atoms with E-state index in [9.17, 15) is 9.65 Å². The molecular formula is C29H31BrClFN8. The average Bonchev–Trinajstić information content (AvgIpc) is 3.41. The van der Waals surface area contributed by atoms with Crippen LogP contribution in [0.15, 0.2) is 47.2 Å². The maximum absolute atomic E-state index is 13.7. The topological polar surface area (TPSA) is 94.7 Å². The summed E-state index contributed by atoms with van der Waals surface area (Å²) in [6, 6.07) is 11.0. The molecule has 1 fully saturated rings. The highest BCUT2D eigenvalue weighted by atomic mass is 79.9. The lowest BCUT2D eigenvalue weighted by Gasteiger charge is -2.34. The number of halogens is 3. The van der Waals surface area contributed by atoms with E-state index in [0.717, 1.165) is 40.1 Å². The Morgan fingerprint density at radius 3 is 2.73 bits per heavy atom. The first-order valence-corrected chi connectivity index (χ1v) is 14.6. The number of nitriles is 1. The van der Waals surface area contributed by atoms with Gasteiger partial charge in [0.1, 0.15) is 17.6 Å². The van der Waals surface area contributed by atoms with Gasteiger partial charge in [0.05, 0.1) is 34.5 Å². The second-order valence-corrected chi connectivity index (χ2v) is 11.7. The molecule has 11 heteroatoms. The minimum atomic E-state index is -0.509. The van der Waals surface area contributed by atoms with Gasteiger partial charge in [0, 0.05) is 40.0 Å². The number of rotatable bonds is 9. The molecule has 2 aromatic heterocycles. The summed E-state index contributed by atoms with van der Waals surface area (Å²) in [5, 5.41) is 25.8. The van der Waals surface area contributed by atoms with Crippen LogP contribution in [0.25, 0.3) is 10.9 Å². The Labute approximate surface area is 246 Å². The normalized spacial score (nSPS) is 14.5. The third-order valence-corrected chi connectivity index (χ3v) is 8.33. The van der Waals surface area contributed by atoms with Crippen molar-refractivity contribution in [3.8, 4) is 6.07 Å². The van der Waals surface area contributed by atoms with Gasteiger partial charge in [-0.25, -0.2) is 4.39 Å². The van der Waals surface area contributed by atoms with E-state index in [-0.39, 0.29) is 5.02 Å². The van der Waals surface area contributed by atoms with Gasteiger partial charge in [0.2, 0.25) is 0 Å². The molecule has 0 amide bonds. The zero-order valence-electron chi connectivity index (χ0n) is 22.5. The van der Waals surface area contributed by atoms with Gasteiger partial charge < -0.3 is 15.5 Å². The summed E-state index contributed by atoms with van der Waals surface area (Å²) >= 11 is 9.59. The van der Waals surface area contributed by atoms with Crippen molar-refractivity contribution in [3.05, 3.63) is 69.3 Å². The minimum Gasteiger partial charge on any atom is -0.379 e. The summed E-state index contributed by atoms with van der Waals surface area (Å²) < 4.78 is 16.4. The molecule has 4 aromatic rings. The summed E-state index contributed by atoms with van der Waals surface area (Å²) in [4.78, 5) is 7.02. The first-order valence-electron chi connectivity index (χ1n) is 13.4. The molecule has 2 aromatic carbocycles. The number of pyridine rings is 1. The maximum Gasteiger partial charge on any atom is 0.141 e. The number of nitrogens with zero attached hydrogens (tertiary/aromatic N) is 6. The molecule has 5 rings (SSSR count). The number of piperidine rings is 1. The number of hydrogen-bond acceptors (Lipinski definition) is 7. The smallest absolute Gasteiger partial charge is 0.141 e. The lowest BCUT2D eigenvalue weighted by atomic mass is 9.93.